The molecule has 16 heavy (non-hydrogen) atoms. The summed E-state index contributed by atoms with van der Waals surface area (Å²) < 4.78 is 0. The van der Waals surface area contributed by atoms with Gasteiger partial charge in [-0.3, -0.25) is 4.98 Å². The van der Waals surface area contributed by atoms with Gasteiger partial charge in [0.05, 0.1) is 0 Å². The number of aromatic nitrogens is 1. The number of nitrogens with zero attached hydrogens (tertiary/aromatic N) is 1. The van der Waals surface area contributed by atoms with E-state index in [0.717, 1.165) is 24.3 Å². The van der Waals surface area contributed by atoms with Crippen molar-refractivity contribution in [1.29, 1.82) is 0 Å². The van der Waals surface area contributed by atoms with Gasteiger partial charge in [-0.15, -0.1) is 0 Å². The molecule has 0 aromatic carbocycles. The molecule has 2 heteroatoms. The lowest BCUT2D eigenvalue weighted by Crippen LogP contribution is -2.27. The molecule has 0 saturated heterocycles. The van der Waals surface area contributed by atoms with Crippen LogP contribution in [-0.4, -0.2) is 18.1 Å². The van der Waals surface area contributed by atoms with Gasteiger partial charge < -0.3 is 5.32 Å². The summed E-state index contributed by atoms with van der Waals surface area (Å²) in [5, 5.41) is 3.64. The van der Waals surface area contributed by atoms with Crippen LogP contribution in [0.25, 0.3) is 0 Å². The molecule has 1 aromatic rings. The van der Waals surface area contributed by atoms with E-state index in [4.69, 9.17) is 0 Å². The number of pyridine rings is 1. The van der Waals surface area contributed by atoms with Gasteiger partial charge in [-0.05, 0) is 67.7 Å². The molecule has 0 amide bonds. The maximum absolute atomic E-state index is 4.03. The fourth-order valence-electron chi connectivity index (χ4n) is 2.71. The van der Waals surface area contributed by atoms with E-state index in [2.05, 4.69) is 22.4 Å². The predicted molar refractivity (Wildman–Crippen MR) is 65.2 cm³/mol. The van der Waals surface area contributed by atoms with Crippen molar-refractivity contribution in [1.82, 2.24) is 10.3 Å². The highest BCUT2D eigenvalue weighted by Crippen LogP contribution is 2.60. The van der Waals surface area contributed by atoms with Crippen LogP contribution in [0.3, 0.4) is 0 Å². The highest BCUT2D eigenvalue weighted by atomic mass is 14.9. The van der Waals surface area contributed by atoms with E-state index in [-0.39, 0.29) is 0 Å². The van der Waals surface area contributed by atoms with Gasteiger partial charge >= 0.3 is 0 Å². The maximum atomic E-state index is 4.03. The molecule has 0 aliphatic heterocycles. The van der Waals surface area contributed by atoms with Gasteiger partial charge in [-0.2, -0.15) is 0 Å². The average Bonchev–Trinajstić information content (AvgIpc) is 3.17. The zero-order valence-corrected chi connectivity index (χ0v) is 9.78. The monoisotopic (exact) mass is 216 g/mol. The van der Waals surface area contributed by atoms with Crippen LogP contribution in [0.1, 0.15) is 31.2 Å². The first-order valence-corrected chi connectivity index (χ1v) is 6.49. The SMILES string of the molecule is c1cc(CCNCC2(C3CC3)CC2)ccn1. The summed E-state index contributed by atoms with van der Waals surface area (Å²) in [5.41, 5.74) is 2.12. The molecule has 0 spiro atoms. The Labute approximate surface area is 97.5 Å². The van der Waals surface area contributed by atoms with Crippen molar-refractivity contribution in [2.75, 3.05) is 13.1 Å². The van der Waals surface area contributed by atoms with Crippen molar-refractivity contribution in [3.63, 3.8) is 0 Å². The molecular formula is C14H20N2. The number of nitrogens with one attached hydrogen (secondary N) is 1. The molecule has 2 aliphatic carbocycles. The highest BCUT2D eigenvalue weighted by Gasteiger charge is 2.52. The summed E-state index contributed by atoms with van der Waals surface area (Å²) in [7, 11) is 0. The number of rotatable bonds is 6. The quantitative estimate of drug-likeness (QED) is 0.739. The molecule has 3 rings (SSSR count). The topological polar surface area (TPSA) is 24.9 Å². The molecule has 2 saturated carbocycles. The summed E-state index contributed by atoms with van der Waals surface area (Å²) in [6.07, 6.45) is 10.8. The van der Waals surface area contributed by atoms with Gasteiger partial charge in [0.25, 0.3) is 0 Å². The fourth-order valence-corrected chi connectivity index (χ4v) is 2.71. The van der Waals surface area contributed by atoms with Gasteiger partial charge in [0.2, 0.25) is 0 Å². The standard InChI is InChI=1S/C14H20N2/c1-2-13(1)14(6-7-14)11-16-10-5-12-3-8-15-9-4-12/h3-4,8-9,13,16H,1-2,5-7,10-11H2. The summed E-state index contributed by atoms with van der Waals surface area (Å²) in [4.78, 5) is 4.03. The third-order valence-electron chi connectivity index (χ3n) is 4.15. The van der Waals surface area contributed by atoms with E-state index in [1.165, 1.54) is 37.8 Å². The smallest absolute Gasteiger partial charge is 0.0270 e. The lowest BCUT2D eigenvalue weighted by molar-refractivity contribution is 0.406. The van der Waals surface area contributed by atoms with E-state index >= 15 is 0 Å². The normalized spacial score (nSPS) is 22.0. The minimum atomic E-state index is 0.734. The first kappa shape index (κ1) is 10.3. The molecule has 0 bridgehead atoms. The highest BCUT2D eigenvalue weighted by molar-refractivity contribution is 5.10. The second kappa shape index (κ2) is 4.17. The van der Waals surface area contributed by atoms with Crippen molar-refractivity contribution in [3.05, 3.63) is 30.1 Å². The Morgan fingerprint density at radius 3 is 2.62 bits per heavy atom. The van der Waals surface area contributed by atoms with Crippen LogP contribution in [0.4, 0.5) is 0 Å². The van der Waals surface area contributed by atoms with Crippen LogP contribution in [0.5, 0.6) is 0 Å². The summed E-state index contributed by atoms with van der Waals surface area (Å²) in [6.45, 7) is 2.36. The minimum Gasteiger partial charge on any atom is -0.316 e. The average molecular weight is 216 g/mol. The molecule has 1 N–H and O–H groups in total. The van der Waals surface area contributed by atoms with Crippen LogP contribution in [-0.2, 0) is 6.42 Å². The summed E-state index contributed by atoms with van der Waals surface area (Å²) in [5.74, 6) is 1.07. The Hall–Kier alpha value is -0.890. The van der Waals surface area contributed by atoms with Gasteiger partial charge in [-0.25, -0.2) is 0 Å². The van der Waals surface area contributed by atoms with Gasteiger partial charge in [0.15, 0.2) is 0 Å². The van der Waals surface area contributed by atoms with E-state index in [9.17, 15) is 0 Å². The third-order valence-corrected chi connectivity index (χ3v) is 4.15. The second-order valence-corrected chi connectivity index (χ2v) is 5.42. The minimum absolute atomic E-state index is 0.734. The van der Waals surface area contributed by atoms with Crippen LogP contribution in [0.2, 0.25) is 0 Å². The van der Waals surface area contributed by atoms with Crippen molar-refractivity contribution in [3.8, 4) is 0 Å². The van der Waals surface area contributed by atoms with Crippen LogP contribution in [0, 0.1) is 11.3 Å². The van der Waals surface area contributed by atoms with Gasteiger partial charge in [-0.1, -0.05) is 0 Å². The first-order chi connectivity index (χ1) is 7.89. The van der Waals surface area contributed by atoms with Crippen molar-refractivity contribution in [2.24, 2.45) is 11.3 Å². The Morgan fingerprint density at radius 1 is 1.25 bits per heavy atom. The summed E-state index contributed by atoms with van der Waals surface area (Å²) >= 11 is 0. The fraction of sp³-hybridized carbons (Fsp3) is 0.643. The maximum Gasteiger partial charge on any atom is 0.0270 e. The van der Waals surface area contributed by atoms with Crippen LogP contribution >= 0.6 is 0 Å². The molecule has 86 valence electrons. The predicted octanol–water partition coefficient (Wildman–Crippen LogP) is 2.40. The molecule has 2 fully saturated rings. The molecule has 0 unspecified atom stereocenters. The first-order valence-electron chi connectivity index (χ1n) is 6.49. The lowest BCUT2D eigenvalue weighted by Gasteiger charge is -2.14. The number of hydrogen-bond donors (Lipinski definition) is 1. The molecule has 0 radical (unpaired) electrons. The molecule has 1 aromatic heterocycles. The molecule has 2 aliphatic rings. The Balaban J connectivity index is 1.38. The Bertz CT molecular complexity index is 339. The van der Waals surface area contributed by atoms with E-state index < -0.39 is 0 Å². The third kappa shape index (κ3) is 2.27. The molecule has 1 heterocycles. The zero-order valence-electron chi connectivity index (χ0n) is 9.78. The van der Waals surface area contributed by atoms with Crippen molar-refractivity contribution < 1.29 is 0 Å². The Morgan fingerprint density at radius 2 is 2.00 bits per heavy atom. The van der Waals surface area contributed by atoms with Crippen LogP contribution in [0.15, 0.2) is 24.5 Å². The zero-order chi connectivity index (χ0) is 10.8. The molecule has 0 atom stereocenters. The van der Waals surface area contributed by atoms with E-state index in [0.29, 0.717) is 0 Å². The van der Waals surface area contributed by atoms with Crippen molar-refractivity contribution >= 4 is 0 Å². The van der Waals surface area contributed by atoms with Crippen LogP contribution < -0.4 is 5.32 Å². The van der Waals surface area contributed by atoms with Gasteiger partial charge in [0.1, 0.15) is 0 Å². The summed E-state index contributed by atoms with van der Waals surface area (Å²) in [6, 6.07) is 4.21. The lowest BCUT2D eigenvalue weighted by atomic mass is 10.0. The second-order valence-electron chi connectivity index (χ2n) is 5.42. The number of hydrogen-bond acceptors (Lipinski definition) is 2. The molecular weight excluding hydrogens is 196 g/mol. The largest absolute Gasteiger partial charge is 0.316 e. The van der Waals surface area contributed by atoms with Gasteiger partial charge in [0, 0.05) is 18.9 Å². The van der Waals surface area contributed by atoms with E-state index in [1.807, 2.05) is 12.4 Å². The Kier molecular flexibility index (Phi) is 2.68. The molecule has 2 nitrogen and oxygen atoms in total. The van der Waals surface area contributed by atoms with Crippen molar-refractivity contribution in [2.45, 2.75) is 32.1 Å². The van der Waals surface area contributed by atoms with E-state index in [1.54, 1.807) is 0 Å².